The highest BCUT2D eigenvalue weighted by Crippen LogP contribution is 2.39. The van der Waals surface area contributed by atoms with Gasteiger partial charge in [-0.15, -0.1) is 0 Å². The van der Waals surface area contributed by atoms with Gasteiger partial charge < -0.3 is 0 Å². The summed E-state index contributed by atoms with van der Waals surface area (Å²) in [6.45, 7) is 9.83. The highest BCUT2D eigenvalue weighted by Gasteiger charge is 2.33. The summed E-state index contributed by atoms with van der Waals surface area (Å²) in [7, 11) is 0. The van der Waals surface area contributed by atoms with Gasteiger partial charge in [0.1, 0.15) is 11.6 Å². The van der Waals surface area contributed by atoms with Gasteiger partial charge in [-0.25, -0.2) is 0 Å². The van der Waals surface area contributed by atoms with Crippen molar-refractivity contribution in [2.24, 2.45) is 17.8 Å². The van der Waals surface area contributed by atoms with E-state index in [4.69, 9.17) is 0 Å². The van der Waals surface area contributed by atoms with E-state index in [-0.39, 0.29) is 41.5 Å². The summed E-state index contributed by atoms with van der Waals surface area (Å²) >= 11 is 0. The molecule has 3 rings (SSSR count). The minimum Gasteiger partial charge on any atom is -0.300 e. The number of carbonyl (C=O) groups excluding carboxylic acids is 3. The first kappa shape index (κ1) is 25.1. The Bertz CT molecular complexity index is 1020. The average molecular weight is 447 g/mol. The topological polar surface area (TPSA) is 51.2 Å². The molecular weight excluding hydrogens is 408 g/mol. The van der Waals surface area contributed by atoms with Crippen molar-refractivity contribution in [2.75, 3.05) is 0 Å². The van der Waals surface area contributed by atoms with Gasteiger partial charge in [-0.05, 0) is 79.2 Å². The normalized spacial score (nSPS) is 17.4. The van der Waals surface area contributed by atoms with E-state index in [1.54, 1.807) is 0 Å². The first-order valence-corrected chi connectivity index (χ1v) is 12.6. The summed E-state index contributed by atoms with van der Waals surface area (Å²) < 4.78 is 0. The molecule has 0 spiro atoms. The van der Waals surface area contributed by atoms with Crippen molar-refractivity contribution in [1.82, 2.24) is 0 Å². The van der Waals surface area contributed by atoms with Gasteiger partial charge >= 0.3 is 0 Å². The lowest BCUT2D eigenvalue weighted by Crippen LogP contribution is -2.29. The molecule has 3 unspecified atom stereocenters. The fourth-order valence-electron chi connectivity index (χ4n) is 5.69. The second-order valence-electron chi connectivity index (χ2n) is 9.80. The van der Waals surface area contributed by atoms with Crippen LogP contribution in [0.5, 0.6) is 0 Å². The monoisotopic (exact) mass is 446 g/mol. The molecule has 0 saturated heterocycles. The fourth-order valence-corrected chi connectivity index (χ4v) is 5.69. The van der Waals surface area contributed by atoms with Crippen molar-refractivity contribution >= 4 is 17.3 Å². The Morgan fingerprint density at radius 3 is 2.24 bits per heavy atom. The van der Waals surface area contributed by atoms with E-state index in [0.29, 0.717) is 6.42 Å². The number of ketones is 3. The van der Waals surface area contributed by atoms with Crippen molar-refractivity contribution < 1.29 is 14.4 Å². The number of rotatable bonds is 10. The number of fused-ring (bicyclic) bond motifs is 1. The van der Waals surface area contributed by atoms with E-state index in [0.717, 1.165) is 54.4 Å². The number of aryl methyl sites for hydroxylation is 2. The lowest BCUT2D eigenvalue weighted by molar-refractivity contribution is -0.129. The van der Waals surface area contributed by atoms with Crippen LogP contribution in [0.25, 0.3) is 11.1 Å². The van der Waals surface area contributed by atoms with Gasteiger partial charge in [0.15, 0.2) is 5.78 Å². The largest absolute Gasteiger partial charge is 0.300 e. The summed E-state index contributed by atoms with van der Waals surface area (Å²) in [6.07, 6.45) is 4.92. The number of carbonyl (C=O) groups is 3. The molecule has 3 heteroatoms. The molecule has 0 radical (unpaired) electrons. The standard InChI is InChI=1S/C30H38O3/c1-6-21-10-12-24(13-11-21)26-14-9-19(4)30-27(26)17-22(18-29(30)33)16-23(7-2)25(8-3)28(32)15-20(5)31/h9-14,22-23,25H,6-8,15-18H2,1-5H3. The Labute approximate surface area is 199 Å². The van der Waals surface area contributed by atoms with Crippen LogP contribution in [0.2, 0.25) is 0 Å². The zero-order valence-corrected chi connectivity index (χ0v) is 20.9. The molecule has 176 valence electrons. The number of hydrogen-bond donors (Lipinski definition) is 0. The number of benzene rings is 2. The van der Waals surface area contributed by atoms with Crippen molar-refractivity contribution in [3.8, 4) is 11.1 Å². The molecule has 0 bridgehead atoms. The van der Waals surface area contributed by atoms with E-state index < -0.39 is 0 Å². The molecule has 3 nitrogen and oxygen atoms in total. The molecule has 2 aromatic carbocycles. The maximum absolute atomic E-state index is 13.3. The zero-order valence-electron chi connectivity index (χ0n) is 20.9. The first-order valence-electron chi connectivity index (χ1n) is 12.6. The van der Waals surface area contributed by atoms with Crippen LogP contribution in [-0.4, -0.2) is 17.3 Å². The molecule has 3 atom stereocenters. The van der Waals surface area contributed by atoms with Gasteiger partial charge in [-0.1, -0.05) is 63.6 Å². The molecule has 33 heavy (non-hydrogen) atoms. The SMILES string of the molecule is CCc1ccc(-c2ccc(C)c3c2CC(CC(CC)C(CC)C(=O)CC(C)=O)CC3=O)cc1. The summed E-state index contributed by atoms with van der Waals surface area (Å²) in [4.78, 5) is 37.6. The molecule has 0 aromatic heterocycles. The van der Waals surface area contributed by atoms with E-state index in [1.807, 2.05) is 13.8 Å². The number of Topliss-reactive ketones (excluding diaryl/α,β-unsaturated/α-hetero) is 3. The molecule has 0 N–H and O–H groups in total. The van der Waals surface area contributed by atoms with Crippen LogP contribution in [0.4, 0.5) is 0 Å². The lowest BCUT2D eigenvalue weighted by Gasteiger charge is -2.32. The third-order valence-electron chi connectivity index (χ3n) is 7.45. The van der Waals surface area contributed by atoms with Crippen LogP contribution < -0.4 is 0 Å². The minimum atomic E-state index is -0.103. The average Bonchev–Trinajstić information content (AvgIpc) is 2.78. The van der Waals surface area contributed by atoms with E-state index in [1.165, 1.54) is 18.1 Å². The maximum atomic E-state index is 13.3. The van der Waals surface area contributed by atoms with Crippen LogP contribution in [0, 0.1) is 24.7 Å². The summed E-state index contributed by atoms with van der Waals surface area (Å²) in [5.41, 5.74) is 6.74. The van der Waals surface area contributed by atoms with Gasteiger partial charge in [-0.2, -0.15) is 0 Å². The Kier molecular flexibility index (Phi) is 8.40. The molecule has 1 aliphatic rings. The van der Waals surface area contributed by atoms with Crippen LogP contribution in [-0.2, 0) is 22.4 Å². The van der Waals surface area contributed by atoms with Crippen LogP contribution in [0.3, 0.4) is 0 Å². The quantitative estimate of drug-likeness (QED) is 0.371. The molecule has 0 amide bonds. The molecule has 0 heterocycles. The highest BCUT2D eigenvalue weighted by molar-refractivity contribution is 6.02. The van der Waals surface area contributed by atoms with Gasteiger partial charge in [-0.3, -0.25) is 14.4 Å². The zero-order chi connectivity index (χ0) is 24.1. The summed E-state index contributed by atoms with van der Waals surface area (Å²) in [5.74, 6) is 0.553. The molecule has 0 saturated carbocycles. The van der Waals surface area contributed by atoms with Gasteiger partial charge in [0.2, 0.25) is 0 Å². The van der Waals surface area contributed by atoms with E-state index in [9.17, 15) is 14.4 Å². The maximum Gasteiger partial charge on any atom is 0.163 e. The third kappa shape index (κ3) is 5.69. The molecule has 0 aliphatic heterocycles. The highest BCUT2D eigenvalue weighted by atomic mass is 16.1. The second kappa shape index (κ2) is 11.0. The van der Waals surface area contributed by atoms with Gasteiger partial charge in [0.05, 0.1) is 6.42 Å². The Morgan fingerprint density at radius 1 is 0.970 bits per heavy atom. The lowest BCUT2D eigenvalue weighted by atomic mass is 9.71. The predicted octanol–water partition coefficient (Wildman–Crippen LogP) is 6.96. The van der Waals surface area contributed by atoms with Gasteiger partial charge in [0.25, 0.3) is 0 Å². The van der Waals surface area contributed by atoms with Gasteiger partial charge in [0, 0.05) is 17.9 Å². The predicted molar refractivity (Wildman–Crippen MR) is 135 cm³/mol. The fraction of sp³-hybridized carbons (Fsp3) is 0.500. The van der Waals surface area contributed by atoms with Crippen molar-refractivity contribution in [2.45, 2.75) is 79.6 Å². The van der Waals surface area contributed by atoms with Crippen molar-refractivity contribution in [3.05, 3.63) is 58.7 Å². The minimum absolute atomic E-state index is 0.0263. The van der Waals surface area contributed by atoms with Crippen molar-refractivity contribution in [1.29, 1.82) is 0 Å². The van der Waals surface area contributed by atoms with E-state index >= 15 is 0 Å². The molecule has 2 aromatic rings. The molecule has 0 fully saturated rings. The Morgan fingerprint density at radius 2 is 1.67 bits per heavy atom. The smallest absolute Gasteiger partial charge is 0.163 e. The Balaban J connectivity index is 1.90. The third-order valence-corrected chi connectivity index (χ3v) is 7.45. The second-order valence-corrected chi connectivity index (χ2v) is 9.80. The Hall–Kier alpha value is -2.55. The van der Waals surface area contributed by atoms with Crippen LogP contribution in [0.1, 0.15) is 86.8 Å². The summed E-state index contributed by atoms with van der Waals surface area (Å²) in [5, 5.41) is 0. The van der Waals surface area contributed by atoms with Crippen molar-refractivity contribution in [3.63, 3.8) is 0 Å². The molecule has 1 aliphatic carbocycles. The number of hydrogen-bond acceptors (Lipinski definition) is 3. The van der Waals surface area contributed by atoms with Crippen LogP contribution >= 0.6 is 0 Å². The first-order chi connectivity index (χ1) is 15.8. The van der Waals surface area contributed by atoms with Crippen LogP contribution in [0.15, 0.2) is 36.4 Å². The van der Waals surface area contributed by atoms with E-state index in [2.05, 4.69) is 50.2 Å². The summed E-state index contributed by atoms with van der Waals surface area (Å²) in [6, 6.07) is 12.9. The molecular formula is C30H38O3.